The minimum atomic E-state index is -4.42. The van der Waals surface area contributed by atoms with E-state index in [-0.39, 0.29) is 12.0 Å². The Balaban J connectivity index is 2.19. The Labute approximate surface area is 103 Å². The van der Waals surface area contributed by atoms with Gasteiger partial charge in [0.25, 0.3) is 0 Å². The summed E-state index contributed by atoms with van der Waals surface area (Å²) in [7, 11) is 2.00. The van der Waals surface area contributed by atoms with Crippen LogP contribution in [0.15, 0.2) is 12.3 Å². The van der Waals surface area contributed by atoms with Gasteiger partial charge < -0.3 is 9.80 Å². The highest BCUT2D eigenvalue weighted by atomic mass is 19.4. The van der Waals surface area contributed by atoms with Crippen LogP contribution in [0.3, 0.4) is 0 Å². The molecule has 4 nitrogen and oxygen atoms in total. The average molecular weight is 260 g/mol. The second-order valence-electron chi connectivity index (χ2n) is 4.52. The molecule has 100 valence electrons. The fourth-order valence-corrected chi connectivity index (χ4v) is 1.89. The molecule has 18 heavy (non-hydrogen) atoms. The second kappa shape index (κ2) is 4.72. The quantitative estimate of drug-likeness (QED) is 0.768. The molecule has 1 aliphatic rings. The summed E-state index contributed by atoms with van der Waals surface area (Å²) in [6, 6.07) is 1.17. The predicted molar refractivity (Wildman–Crippen MR) is 61.3 cm³/mol. The molecular formula is C11H15F3N4. The number of hydrogen-bond acceptors (Lipinski definition) is 4. The maximum Gasteiger partial charge on any atom is 0.433 e. The van der Waals surface area contributed by atoms with E-state index < -0.39 is 11.9 Å². The molecule has 0 amide bonds. The Kier molecular flexibility index (Phi) is 3.43. The third-order valence-electron chi connectivity index (χ3n) is 3.18. The van der Waals surface area contributed by atoms with Crippen molar-refractivity contribution in [3.8, 4) is 0 Å². The third kappa shape index (κ3) is 2.72. The van der Waals surface area contributed by atoms with Crippen molar-refractivity contribution in [2.45, 2.75) is 19.1 Å². The van der Waals surface area contributed by atoms with Crippen LogP contribution in [0.25, 0.3) is 0 Å². The van der Waals surface area contributed by atoms with Crippen molar-refractivity contribution in [1.29, 1.82) is 0 Å². The SMILES string of the molecule is C[C@@H]1CN(c2nccc(C(F)(F)F)n2)CCN1C. The van der Waals surface area contributed by atoms with E-state index in [0.717, 1.165) is 18.8 Å². The summed E-state index contributed by atoms with van der Waals surface area (Å²) in [4.78, 5) is 11.5. The van der Waals surface area contributed by atoms with Crippen LogP contribution in [0.2, 0.25) is 0 Å². The molecule has 7 heteroatoms. The van der Waals surface area contributed by atoms with Crippen molar-refractivity contribution < 1.29 is 13.2 Å². The first-order chi connectivity index (χ1) is 8.38. The molecule has 1 fully saturated rings. The van der Waals surface area contributed by atoms with Crippen molar-refractivity contribution >= 4 is 5.95 Å². The summed E-state index contributed by atoms with van der Waals surface area (Å²) in [5.74, 6) is 0.157. The highest BCUT2D eigenvalue weighted by Crippen LogP contribution is 2.28. The zero-order valence-corrected chi connectivity index (χ0v) is 10.3. The molecule has 0 saturated carbocycles. The van der Waals surface area contributed by atoms with Crippen LogP contribution in [0.4, 0.5) is 19.1 Å². The van der Waals surface area contributed by atoms with Crippen LogP contribution in [-0.2, 0) is 6.18 Å². The van der Waals surface area contributed by atoms with E-state index in [1.54, 1.807) is 4.90 Å². The van der Waals surface area contributed by atoms with Gasteiger partial charge in [-0.15, -0.1) is 0 Å². The number of anilines is 1. The first-order valence-corrected chi connectivity index (χ1v) is 5.73. The molecule has 0 radical (unpaired) electrons. The molecule has 1 aliphatic heterocycles. The van der Waals surface area contributed by atoms with Crippen LogP contribution in [-0.4, -0.2) is 47.6 Å². The van der Waals surface area contributed by atoms with E-state index in [2.05, 4.69) is 14.9 Å². The van der Waals surface area contributed by atoms with Crippen molar-refractivity contribution in [2.75, 3.05) is 31.6 Å². The van der Waals surface area contributed by atoms with E-state index in [4.69, 9.17) is 0 Å². The number of alkyl halides is 3. The van der Waals surface area contributed by atoms with Crippen molar-refractivity contribution in [3.63, 3.8) is 0 Å². The summed E-state index contributed by atoms with van der Waals surface area (Å²) in [6.45, 7) is 4.10. The smallest absolute Gasteiger partial charge is 0.338 e. The van der Waals surface area contributed by atoms with Crippen molar-refractivity contribution in [3.05, 3.63) is 18.0 Å². The number of piperazine rings is 1. The Hall–Kier alpha value is -1.37. The molecule has 0 N–H and O–H groups in total. The Bertz CT molecular complexity index is 421. The van der Waals surface area contributed by atoms with Crippen LogP contribution < -0.4 is 4.90 Å². The largest absolute Gasteiger partial charge is 0.433 e. The average Bonchev–Trinajstić information content (AvgIpc) is 2.32. The molecule has 0 aromatic carbocycles. The fourth-order valence-electron chi connectivity index (χ4n) is 1.89. The predicted octanol–water partition coefficient (Wildman–Crippen LogP) is 1.64. The first kappa shape index (κ1) is 13.1. The Morgan fingerprint density at radius 2 is 2.06 bits per heavy atom. The van der Waals surface area contributed by atoms with Gasteiger partial charge in [0.2, 0.25) is 5.95 Å². The third-order valence-corrected chi connectivity index (χ3v) is 3.18. The van der Waals surface area contributed by atoms with Gasteiger partial charge in [-0.25, -0.2) is 9.97 Å². The number of nitrogens with zero attached hydrogens (tertiary/aromatic N) is 4. The van der Waals surface area contributed by atoms with Gasteiger partial charge in [0.05, 0.1) is 0 Å². The molecule has 0 spiro atoms. The van der Waals surface area contributed by atoms with Gasteiger partial charge in [0.15, 0.2) is 0 Å². The number of likely N-dealkylation sites (N-methyl/N-ethyl adjacent to an activating group) is 1. The van der Waals surface area contributed by atoms with Crippen molar-refractivity contribution in [1.82, 2.24) is 14.9 Å². The van der Waals surface area contributed by atoms with E-state index in [9.17, 15) is 13.2 Å². The van der Waals surface area contributed by atoms with Gasteiger partial charge in [-0.1, -0.05) is 0 Å². The summed E-state index contributed by atoms with van der Waals surface area (Å²) in [5.41, 5.74) is -0.890. The lowest BCUT2D eigenvalue weighted by Gasteiger charge is -2.37. The molecular weight excluding hydrogens is 245 g/mol. The first-order valence-electron chi connectivity index (χ1n) is 5.73. The van der Waals surface area contributed by atoms with Gasteiger partial charge in [-0.05, 0) is 20.0 Å². The maximum atomic E-state index is 12.6. The summed E-state index contributed by atoms with van der Waals surface area (Å²) in [5, 5.41) is 0. The van der Waals surface area contributed by atoms with Gasteiger partial charge in [-0.2, -0.15) is 13.2 Å². The molecule has 1 atom stereocenters. The molecule has 0 bridgehead atoms. The highest BCUT2D eigenvalue weighted by Gasteiger charge is 2.33. The number of halogens is 3. The molecule has 1 aromatic heterocycles. The summed E-state index contributed by atoms with van der Waals surface area (Å²) in [6.07, 6.45) is -3.26. The molecule has 1 saturated heterocycles. The zero-order valence-electron chi connectivity index (χ0n) is 10.3. The van der Waals surface area contributed by atoms with Gasteiger partial charge in [0.1, 0.15) is 5.69 Å². The van der Waals surface area contributed by atoms with Gasteiger partial charge in [0, 0.05) is 31.9 Å². The van der Waals surface area contributed by atoms with Crippen LogP contribution >= 0.6 is 0 Å². The lowest BCUT2D eigenvalue weighted by atomic mass is 10.2. The minimum absolute atomic E-state index is 0.157. The number of aromatic nitrogens is 2. The van der Waals surface area contributed by atoms with Crippen LogP contribution in [0.5, 0.6) is 0 Å². The van der Waals surface area contributed by atoms with Crippen molar-refractivity contribution in [2.24, 2.45) is 0 Å². The molecule has 0 unspecified atom stereocenters. The molecule has 1 aromatic rings. The fraction of sp³-hybridized carbons (Fsp3) is 0.636. The summed E-state index contributed by atoms with van der Waals surface area (Å²) >= 11 is 0. The Morgan fingerprint density at radius 1 is 1.33 bits per heavy atom. The normalized spacial score (nSPS) is 22.3. The summed E-state index contributed by atoms with van der Waals surface area (Å²) < 4.78 is 37.7. The van der Waals surface area contributed by atoms with E-state index >= 15 is 0 Å². The highest BCUT2D eigenvalue weighted by molar-refractivity contribution is 5.32. The van der Waals surface area contributed by atoms with E-state index in [0.29, 0.717) is 13.1 Å². The second-order valence-corrected chi connectivity index (χ2v) is 4.52. The monoisotopic (exact) mass is 260 g/mol. The minimum Gasteiger partial charge on any atom is -0.338 e. The lowest BCUT2D eigenvalue weighted by molar-refractivity contribution is -0.141. The van der Waals surface area contributed by atoms with Crippen LogP contribution in [0.1, 0.15) is 12.6 Å². The number of hydrogen-bond donors (Lipinski definition) is 0. The van der Waals surface area contributed by atoms with Gasteiger partial charge >= 0.3 is 6.18 Å². The topological polar surface area (TPSA) is 32.3 Å². The van der Waals surface area contributed by atoms with E-state index in [1.807, 2.05) is 14.0 Å². The van der Waals surface area contributed by atoms with E-state index in [1.165, 1.54) is 0 Å². The maximum absolute atomic E-state index is 12.6. The number of rotatable bonds is 1. The standard InChI is InChI=1S/C11H15F3N4/c1-8-7-18(6-5-17(8)2)10-15-4-3-9(16-10)11(12,13)14/h3-4,8H,5-7H2,1-2H3/t8-/m1/s1. The molecule has 0 aliphatic carbocycles. The van der Waals surface area contributed by atoms with Crippen LogP contribution in [0, 0.1) is 0 Å². The molecule has 2 heterocycles. The molecule has 2 rings (SSSR count). The van der Waals surface area contributed by atoms with Gasteiger partial charge in [-0.3, -0.25) is 0 Å². The zero-order chi connectivity index (χ0) is 13.3. The lowest BCUT2D eigenvalue weighted by Crippen LogP contribution is -2.50. The Morgan fingerprint density at radius 3 is 2.67 bits per heavy atom.